The number of aromatic nitrogens is 8. The van der Waals surface area contributed by atoms with E-state index in [4.69, 9.17) is 24.5 Å². The van der Waals surface area contributed by atoms with Crippen LogP contribution >= 0.6 is 0 Å². The number of aryl methyl sites for hydroxylation is 1. The van der Waals surface area contributed by atoms with Gasteiger partial charge in [0.2, 0.25) is 5.88 Å². The molecular formula is C31H35F3N8O2Si. The van der Waals surface area contributed by atoms with Crippen molar-refractivity contribution in [1.82, 2.24) is 39.3 Å². The number of halogens is 3. The molecule has 0 bridgehead atoms. The van der Waals surface area contributed by atoms with Crippen molar-refractivity contribution < 1.29 is 22.6 Å². The van der Waals surface area contributed by atoms with Crippen LogP contribution in [-0.4, -0.2) is 61.1 Å². The first-order chi connectivity index (χ1) is 21.4. The number of alkyl halides is 3. The summed E-state index contributed by atoms with van der Waals surface area (Å²) in [5.41, 5.74) is 4.25. The molecular weight excluding hydrogens is 601 g/mol. The third kappa shape index (κ3) is 6.76. The minimum atomic E-state index is -4.51. The van der Waals surface area contributed by atoms with Crippen LogP contribution in [0.5, 0.6) is 5.88 Å². The van der Waals surface area contributed by atoms with Gasteiger partial charge >= 0.3 is 6.18 Å². The molecule has 4 heterocycles. The SMILES string of the molecule is COc1ncnc(C2CC2)c1-c1ncc2c(n1)c(Cc1ccc(-c3nc(C(F)(F)F)cn3C)cc1)nn2COCC[Si](C)(C)C. The van der Waals surface area contributed by atoms with Gasteiger partial charge in [0.05, 0.1) is 24.7 Å². The Morgan fingerprint density at radius 2 is 1.78 bits per heavy atom. The zero-order chi connectivity index (χ0) is 31.9. The van der Waals surface area contributed by atoms with Crippen LogP contribution in [0.15, 0.2) is 43.0 Å². The van der Waals surface area contributed by atoms with Crippen molar-refractivity contribution >= 4 is 19.1 Å². The molecule has 236 valence electrons. The molecule has 1 fully saturated rings. The Bertz CT molecular complexity index is 1830. The van der Waals surface area contributed by atoms with Crippen LogP contribution in [0, 0.1) is 0 Å². The first-order valence-corrected chi connectivity index (χ1v) is 18.5. The molecule has 1 aromatic carbocycles. The summed E-state index contributed by atoms with van der Waals surface area (Å²) in [4.78, 5) is 22.4. The highest BCUT2D eigenvalue weighted by molar-refractivity contribution is 6.76. The lowest BCUT2D eigenvalue weighted by atomic mass is 10.1. The minimum Gasteiger partial charge on any atom is -0.480 e. The van der Waals surface area contributed by atoms with Crippen LogP contribution in [0.4, 0.5) is 13.2 Å². The van der Waals surface area contributed by atoms with Crippen molar-refractivity contribution in [3.8, 4) is 28.7 Å². The molecule has 0 amide bonds. The van der Waals surface area contributed by atoms with Crippen LogP contribution in [0.25, 0.3) is 33.8 Å². The van der Waals surface area contributed by atoms with Crippen LogP contribution < -0.4 is 4.74 Å². The van der Waals surface area contributed by atoms with Crippen LogP contribution in [0.1, 0.15) is 41.4 Å². The maximum absolute atomic E-state index is 13.2. The topological polar surface area (TPSA) is 106 Å². The average molecular weight is 637 g/mol. The lowest BCUT2D eigenvalue weighted by Gasteiger charge is -2.15. The predicted molar refractivity (Wildman–Crippen MR) is 165 cm³/mol. The number of imidazole rings is 1. The molecule has 0 aliphatic heterocycles. The summed E-state index contributed by atoms with van der Waals surface area (Å²) in [6.45, 7) is 7.81. The smallest absolute Gasteiger partial charge is 0.434 e. The molecule has 0 N–H and O–H groups in total. The number of hydrogen-bond acceptors (Lipinski definition) is 8. The summed E-state index contributed by atoms with van der Waals surface area (Å²) in [6.07, 6.45) is 2.26. The molecule has 0 radical (unpaired) electrons. The molecule has 5 aromatic rings. The molecule has 4 aromatic heterocycles. The molecule has 1 aliphatic rings. The van der Waals surface area contributed by atoms with E-state index in [1.165, 1.54) is 10.9 Å². The Hall–Kier alpha value is -4.17. The molecule has 10 nitrogen and oxygen atoms in total. The van der Waals surface area contributed by atoms with Crippen molar-refractivity contribution in [3.63, 3.8) is 0 Å². The van der Waals surface area contributed by atoms with E-state index < -0.39 is 19.9 Å². The summed E-state index contributed by atoms with van der Waals surface area (Å²) in [7, 11) is 1.86. The number of fused-ring (bicyclic) bond motifs is 1. The second kappa shape index (κ2) is 12.0. The third-order valence-electron chi connectivity index (χ3n) is 7.75. The van der Waals surface area contributed by atoms with Crippen LogP contribution in [-0.2, 0) is 31.1 Å². The van der Waals surface area contributed by atoms with Gasteiger partial charge in [-0.25, -0.2) is 29.6 Å². The molecule has 14 heteroatoms. The van der Waals surface area contributed by atoms with Crippen LogP contribution in [0.3, 0.4) is 0 Å². The summed E-state index contributed by atoms with van der Waals surface area (Å²) in [5.74, 6) is 1.45. The standard InChI is InChI=1S/C31H35F3N8O2Si/c1-41-16-24(31(32,33)34)38-29(41)21-8-6-19(7-9-21)14-22-27-23(42(40-22)18-44-12-13-45(3,4)5)15-35-28(39-27)25-26(20-10-11-20)36-17-37-30(25)43-2/h6-9,15-17,20H,10-14,18H2,1-5H3. The van der Waals surface area contributed by atoms with Gasteiger partial charge in [0.15, 0.2) is 11.5 Å². The summed E-state index contributed by atoms with van der Waals surface area (Å²) >= 11 is 0. The molecule has 45 heavy (non-hydrogen) atoms. The van der Waals surface area contributed by atoms with Gasteiger partial charge in [-0.15, -0.1) is 0 Å². The number of hydrogen-bond donors (Lipinski definition) is 0. The van der Waals surface area contributed by atoms with Gasteiger partial charge in [-0.1, -0.05) is 43.9 Å². The van der Waals surface area contributed by atoms with Crippen LogP contribution in [0.2, 0.25) is 25.7 Å². The van der Waals surface area contributed by atoms with Crippen molar-refractivity contribution in [3.05, 3.63) is 65.6 Å². The van der Waals surface area contributed by atoms with E-state index in [0.29, 0.717) is 47.3 Å². The van der Waals surface area contributed by atoms with E-state index in [-0.39, 0.29) is 12.6 Å². The zero-order valence-corrected chi connectivity index (χ0v) is 26.9. The lowest BCUT2D eigenvalue weighted by Crippen LogP contribution is -2.22. The second-order valence-electron chi connectivity index (χ2n) is 12.6. The van der Waals surface area contributed by atoms with Crippen molar-refractivity contribution in [2.45, 2.75) is 63.8 Å². The predicted octanol–water partition coefficient (Wildman–Crippen LogP) is 6.49. The maximum Gasteiger partial charge on any atom is 0.434 e. The van der Waals surface area contributed by atoms with E-state index in [2.05, 4.69) is 34.6 Å². The lowest BCUT2D eigenvalue weighted by molar-refractivity contribution is -0.140. The van der Waals surface area contributed by atoms with Gasteiger partial charge in [0, 0.05) is 45.8 Å². The van der Waals surface area contributed by atoms with E-state index in [1.807, 2.05) is 12.1 Å². The molecule has 6 rings (SSSR count). The Labute approximate surface area is 259 Å². The zero-order valence-electron chi connectivity index (χ0n) is 25.9. The molecule has 0 unspecified atom stereocenters. The molecule has 0 atom stereocenters. The maximum atomic E-state index is 13.2. The van der Waals surface area contributed by atoms with E-state index in [0.717, 1.165) is 47.6 Å². The number of ether oxygens (including phenoxy) is 2. The van der Waals surface area contributed by atoms with Gasteiger partial charge < -0.3 is 14.0 Å². The quantitative estimate of drug-likeness (QED) is 0.120. The number of methoxy groups -OCH3 is 1. The fourth-order valence-electron chi connectivity index (χ4n) is 5.14. The Morgan fingerprint density at radius 3 is 2.42 bits per heavy atom. The highest BCUT2D eigenvalue weighted by Crippen LogP contribution is 2.45. The average Bonchev–Trinajstić information content (AvgIpc) is 3.69. The number of benzene rings is 1. The molecule has 1 saturated carbocycles. The monoisotopic (exact) mass is 636 g/mol. The highest BCUT2D eigenvalue weighted by Gasteiger charge is 2.35. The number of nitrogens with zero attached hydrogens (tertiary/aromatic N) is 8. The summed E-state index contributed by atoms with van der Waals surface area (Å²) < 4.78 is 54.4. The Balaban J connectivity index is 1.34. The Morgan fingerprint density at radius 1 is 1.02 bits per heavy atom. The van der Waals surface area contributed by atoms with Gasteiger partial charge in [0.1, 0.15) is 35.5 Å². The largest absolute Gasteiger partial charge is 0.480 e. The first-order valence-electron chi connectivity index (χ1n) is 14.8. The summed E-state index contributed by atoms with van der Waals surface area (Å²) in [6, 6.07) is 8.31. The molecule has 1 aliphatic carbocycles. The minimum absolute atomic E-state index is 0.238. The second-order valence-corrected chi connectivity index (χ2v) is 18.2. The molecule has 0 saturated heterocycles. The highest BCUT2D eigenvalue weighted by atomic mass is 28.3. The third-order valence-corrected chi connectivity index (χ3v) is 9.45. The molecule has 0 spiro atoms. The van der Waals surface area contributed by atoms with Crippen molar-refractivity contribution in [1.29, 1.82) is 0 Å². The van der Waals surface area contributed by atoms with Gasteiger partial charge in [0.25, 0.3) is 0 Å². The fraction of sp³-hybridized carbons (Fsp3) is 0.419. The van der Waals surface area contributed by atoms with Gasteiger partial charge in [-0.05, 0) is 24.4 Å². The van der Waals surface area contributed by atoms with Gasteiger partial charge in [-0.2, -0.15) is 18.3 Å². The normalized spacial score (nSPS) is 14.0. The Kier molecular flexibility index (Phi) is 8.20. The van der Waals surface area contributed by atoms with E-state index >= 15 is 0 Å². The fourth-order valence-corrected chi connectivity index (χ4v) is 5.90. The first kappa shape index (κ1) is 30.8. The van der Waals surface area contributed by atoms with E-state index in [9.17, 15) is 13.2 Å². The summed E-state index contributed by atoms with van der Waals surface area (Å²) in [5, 5.41) is 4.89. The number of rotatable bonds is 11. The van der Waals surface area contributed by atoms with Crippen molar-refractivity contribution in [2.75, 3.05) is 13.7 Å². The van der Waals surface area contributed by atoms with Crippen molar-refractivity contribution in [2.24, 2.45) is 7.05 Å². The van der Waals surface area contributed by atoms with E-state index in [1.54, 1.807) is 37.2 Å². The van der Waals surface area contributed by atoms with Gasteiger partial charge in [-0.3, -0.25) is 0 Å².